The van der Waals surface area contributed by atoms with Crippen molar-refractivity contribution in [2.75, 3.05) is 18.9 Å². The molecule has 3 aromatic rings. The van der Waals surface area contributed by atoms with Gasteiger partial charge in [0.15, 0.2) is 0 Å². The Bertz CT molecular complexity index is 850. The zero-order chi connectivity index (χ0) is 18.4. The number of rotatable bonds is 7. The van der Waals surface area contributed by atoms with Gasteiger partial charge in [-0.2, -0.15) is 0 Å². The van der Waals surface area contributed by atoms with Crippen molar-refractivity contribution in [2.24, 2.45) is 5.92 Å². The number of benzene rings is 1. The summed E-state index contributed by atoms with van der Waals surface area (Å²) in [6, 6.07) is 12.9. The normalized spacial score (nSPS) is 11.9. The Kier molecular flexibility index (Phi) is 5.60. The number of nitrogens with one attached hydrogen (secondary N) is 1. The maximum absolute atomic E-state index is 12.6. The van der Waals surface area contributed by atoms with Crippen LogP contribution in [0.3, 0.4) is 0 Å². The molecule has 7 heteroatoms. The lowest BCUT2D eigenvalue weighted by Crippen LogP contribution is -2.32. The average Bonchev–Trinajstić information content (AvgIpc) is 3.18. The van der Waals surface area contributed by atoms with Gasteiger partial charge in [-0.05, 0) is 12.1 Å². The monoisotopic (exact) mass is 352 g/mol. The van der Waals surface area contributed by atoms with Gasteiger partial charge < -0.3 is 20.6 Å². The fraction of sp³-hybridized carbons (Fsp3) is 0.211. The van der Waals surface area contributed by atoms with Gasteiger partial charge in [-0.1, -0.05) is 30.3 Å². The summed E-state index contributed by atoms with van der Waals surface area (Å²) in [6.45, 7) is 0.236. The van der Waals surface area contributed by atoms with Crippen molar-refractivity contribution in [3.8, 4) is 11.3 Å². The highest BCUT2D eigenvalue weighted by Gasteiger charge is 2.18. The first-order chi connectivity index (χ1) is 12.7. The first-order valence-electron chi connectivity index (χ1n) is 8.26. The fourth-order valence-corrected chi connectivity index (χ4v) is 2.62. The van der Waals surface area contributed by atoms with Crippen molar-refractivity contribution < 1.29 is 14.3 Å². The van der Waals surface area contributed by atoms with Crippen molar-refractivity contribution in [1.82, 2.24) is 15.3 Å². The molecule has 0 saturated carbocycles. The Hall–Kier alpha value is -3.19. The number of nitrogen functional groups attached to an aromatic ring is 1. The van der Waals surface area contributed by atoms with Gasteiger partial charge in [0.1, 0.15) is 5.76 Å². The van der Waals surface area contributed by atoms with Crippen LogP contribution in [0.5, 0.6) is 0 Å². The lowest BCUT2D eigenvalue weighted by atomic mass is 10.0. The summed E-state index contributed by atoms with van der Waals surface area (Å²) in [6.07, 6.45) is 3.54. The highest BCUT2D eigenvalue weighted by molar-refractivity contribution is 5.99. The van der Waals surface area contributed by atoms with Gasteiger partial charge in [-0.15, -0.1) is 0 Å². The molecule has 4 N–H and O–H groups in total. The van der Waals surface area contributed by atoms with Crippen LogP contribution >= 0.6 is 0 Å². The van der Waals surface area contributed by atoms with E-state index < -0.39 is 0 Å². The zero-order valence-electron chi connectivity index (χ0n) is 14.1. The minimum atomic E-state index is -0.318. The summed E-state index contributed by atoms with van der Waals surface area (Å²) < 4.78 is 5.29. The van der Waals surface area contributed by atoms with Crippen molar-refractivity contribution in [2.45, 2.75) is 6.42 Å². The van der Waals surface area contributed by atoms with Gasteiger partial charge in [0.05, 0.1) is 17.5 Å². The largest absolute Gasteiger partial charge is 0.469 e. The maximum Gasteiger partial charge on any atom is 0.255 e. The summed E-state index contributed by atoms with van der Waals surface area (Å²) in [5, 5.41) is 12.4. The summed E-state index contributed by atoms with van der Waals surface area (Å²) >= 11 is 0. The molecule has 3 rings (SSSR count). The van der Waals surface area contributed by atoms with Crippen LogP contribution in [-0.4, -0.2) is 34.1 Å². The molecule has 2 heterocycles. The molecular formula is C19H20N4O3. The molecule has 0 bridgehead atoms. The predicted octanol–water partition coefficient (Wildman–Crippen LogP) is 1.90. The molecule has 26 heavy (non-hydrogen) atoms. The van der Waals surface area contributed by atoms with E-state index in [0.29, 0.717) is 24.2 Å². The lowest BCUT2D eigenvalue weighted by molar-refractivity contribution is 0.0939. The van der Waals surface area contributed by atoms with E-state index in [1.165, 1.54) is 6.20 Å². The molecule has 1 atom stereocenters. The Balaban J connectivity index is 1.73. The molecule has 0 aliphatic heterocycles. The van der Waals surface area contributed by atoms with Gasteiger partial charge in [-0.3, -0.25) is 4.79 Å². The molecule has 0 unspecified atom stereocenters. The van der Waals surface area contributed by atoms with Crippen LogP contribution in [0.1, 0.15) is 16.1 Å². The van der Waals surface area contributed by atoms with Crippen molar-refractivity contribution >= 4 is 11.9 Å². The third-order valence-corrected chi connectivity index (χ3v) is 3.98. The predicted molar refractivity (Wildman–Crippen MR) is 97.2 cm³/mol. The van der Waals surface area contributed by atoms with Crippen LogP contribution in [0.4, 0.5) is 5.95 Å². The number of hydrogen-bond donors (Lipinski definition) is 3. The van der Waals surface area contributed by atoms with E-state index in [4.69, 9.17) is 10.2 Å². The van der Waals surface area contributed by atoms with E-state index in [9.17, 15) is 9.90 Å². The number of aromatic nitrogens is 2. The highest BCUT2D eigenvalue weighted by atomic mass is 16.3. The zero-order valence-corrected chi connectivity index (χ0v) is 14.1. The Morgan fingerprint density at radius 3 is 2.73 bits per heavy atom. The van der Waals surface area contributed by atoms with E-state index >= 15 is 0 Å². The van der Waals surface area contributed by atoms with Gasteiger partial charge in [0, 0.05) is 37.3 Å². The van der Waals surface area contributed by atoms with Crippen LogP contribution < -0.4 is 11.1 Å². The van der Waals surface area contributed by atoms with Crippen LogP contribution in [0, 0.1) is 5.92 Å². The molecule has 0 saturated heterocycles. The second-order valence-corrected chi connectivity index (χ2v) is 5.90. The number of carbonyl (C=O) groups is 1. The van der Waals surface area contributed by atoms with Crippen LogP contribution in [0.2, 0.25) is 0 Å². The number of amides is 1. The quantitative estimate of drug-likeness (QED) is 0.598. The van der Waals surface area contributed by atoms with Gasteiger partial charge in [-0.25, -0.2) is 9.97 Å². The number of furan rings is 1. The molecule has 134 valence electrons. The number of anilines is 1. The molecule has 1 amide bonds. The summed E-state index contributed by atoms with van der Waals surface area (Å²) in [5.74, 6) is 0.396. The number of aliphatic hydroxyl groups excluding tert-OH is 1. The number of nitrogens with zero attached hydrogens (tertiary/aromatic N) is 2. The second kappa shape index (κ2) is 8.26. The summed E-state index contributed by atoms with van der Waals surface area (Å²) in [4.78, 5) is 20.8. The summed E-state index contributed by atoms with van der Waals surface area (Å²) in [5.41, 5.74) is 7.27. The first-order valence-corrected chi connectivity index (χ1v) is 8.26. The molecule has 7 nitrogen and oxygen atoms in total. The Morgan fingerprint density at radius 2 is 2.04 bits per heavy atom. The molecule has 0 aliphatic carbocycles. The minimum Gasteiger partial charge on any atom is -0.469 e. The number of carbonyl (C=O) groups excluding carboxylic acids is 1. The van der Waals surface area contributed by atoms with Crippen LogP contribution in [0.15, 0.2) is 59.3 Å². The number of hydrogen-bond acceptors (Lipinski definition) is 6. The van der Waals surface area contributed by atoms with Gasteiger partial charge in [0.2, 0.25) is 5.95 Å². The second-order valence-electron chi connectivity index (χ2n) is 5.90. The summed E-state index contributed by atoms with van der Waals surface area (Å²) in [7, 11) is 0. The maximum atomic E-state index is 12.6. The molecule has 0 spiro atoms. The highest BCUT2D eigenvalue weighted by Crippen LogP contribution is 2.21. The first kappa shape index (κ1) is 17.6. The number of nitrogens with two attached hydrogens (primary N) is 1. The minimum absolute atomic E-state index is 0.0647. The van der Waals surface area contributed by atoms with E-state index in [1.807, 2.05) is 36.4 Å². The van der Waals surface area contributed by atoms with Crippen LogP contribution in [0.25, 0.3) is 11.3 Å². The van der Waals surface area contributed by atoms with Crippen molar-refractivity contribution in [1.29, 1.82) is 0 Å². The topological polar surface area (TPSA) is 114 Å². The standard InChI is InChI=1S/C19H20N4O3/c20-19-22-11-16(17(23-19)14-5-2-1-3-6-14)18(25)21-10-13(12-24)9-15-7-4-8-26-15/h1-8,11,13,24H,9-10,12H2,(H,21,25)(H2,20,22,23)/t13-/m1/s1. The molecule has 0 aliphatic rings. The van der Waals surface area contributed by atoms with E-state index in [0.717, 1.165) is 11.3 Å². The van der Waals surface area contributed by atoms with Crippen molar-refractivity contribution in [3.63, 3.8) is 0 Å². The fourth-order valence-electron chi connectivity index (χ4n) is 2.62. The smallest absolute Gasteiger partial charge is 0.255 e. The third-order valence-electron chi connectivity index (χ3n) is 3.98. The average molecular weight is 352 g/mol. The third kappa shape index (κ3) is 4.25. The molecular weight excluding hydrogens is 332 g/mol. The molecule has 2 aromatic heterocycles. The molecule has 0 radical (unpaired) electrons. The Morgan fingerprint density at radius 1 is 1.23 bits per heavy atom. The van der Waals surface area contributed by atoms with E-state index in [-0.39, 0.29) is 24.4 Å². The van der Waals surface area contributed by atoms with Crippen molar-refractivity contribution in [3.05, 3.63) is 66.2 Å². The van der Waals surface area contributed by atoms with Gasteiger partial charge in [0.25, 0.3) is 5.91 Å². The van der Waals surface area contributed by atoms with Gasteiger partial charge >= 0.3 is 0 Å². The molecule has 1 aromatic carbocycles. The number of aliphatic hydroxyl groups is 1. The lowest BCUT2D eigenvalue weighted by Gasteiger charge is -2.15. The Labute approximate surface area is 150 Å². The SMILES string of the molecule is Nc1ncc(C(=O)NC[C@H](CO)Cc2ccco2)c(-c2ccccc2)n1. The van der Waals surface area contributed by atoms with Crippen LogP contribution in [-0.2, 0) is 6.42 Å². The van der Waals surface area contributed by atoms with E-state index in [2.05, 4.69) is 15.3 Å². The molecule has 0 fully saturated rings. The van der Waals surface area contributed by atoms with E-state index in [1.54, 1.807) is 12.3 Å².